The zero-order valence-electron chi connectivity index (χ0n) is 8.29. The van der Waals surface area contributed by atoms with Gasteiger partial charge in [0.1, 0.15) is 13.2 Å². The Morgan fingerprint density at radius 1 is 1.25 bits per heavy atom. The van der Waals surface area contributed by atoms with Crippen molar-refractivity contribution in [2.24, 2.45) is 0 Å². The van der Waals surface area contributed by atoms with Crippen LogP contribution in [-0.4, -0.2) is 45.4 Å². The van der Waals surface area contributed by atoms with Crippen LogP contribution in [0.2, 0.25) is 0 Å². The number of rotatable bonds is 6. The van der Waals surface area contributed by atoms with Crippen molar-refractivity contribution < 1.29 is 18.1 Å². The summed E-state index contributed by atoms with van der Waals surface area (Å²) >= 11 is 0. The number of nitrogens with zero attached hydrogens (tertiary/aromatic N) is 1. The highest BCUT2D eigenvalue weighted by atomic mass is 31.1. The molecule has 0 amide bonds. The molecule has 0 N–H and O–H groups in total. The Hall–Kier alpha value is 0.110. The zero-order valence-corrected chi connectivity index (χ0v) is 9.29. The third kappa shape index (κ3) is 8.21. The first-order chi connectivity index (χ1) is 5.45. The molecule has 74 valence electrons. The van der Waals surface area contributed by atoms with E-state index in [0.29, 0.717) is 13.2 Å². The van der Waals surface area contributed by atoms with E-state index in [0.717, 1.165) is 11.0 Å². The quantitative estimate of drug-likeness (QED) is 0.472. The van der Waals surface area contributed by atoms with Crippen LogP contribution in [0.4, 0.5) is 0 Å². The number of likely N-dealkylation sites (N-methyl/N-ethyl adjacent to an activating group) is 1. The molecule has 0 heterocycles. The normalized spacial score (nSPS) is 14.7. The number of hydrogen-bond acceptors (Lipinski definition) is 3. The van der Waals surface area contributed by atoms with E-state index >= 15 is 0 Å². The molecule has 0 saturated carbocycles. The smallest absolute Gasteiger partial charge is 0.319 e. The average Bonchev–Trinajstić information content (AvgIpc) is 1.84. The molecular formula is C7H19NO3P+. The van der Waals surface area contributed by atoms with Crippen LogP contribution in [0, 0.1) is 0 Å². The lowest BCUT2D eigenvalue weighted by Crippen LogP contribution is -2.37. The highest BCUT2D eigenvalue weighted by molar-refractivity contribution is 7.33. The topological polar surface area (TPSA) is 35.5 Å². The Morgan fingerprint density at radius 3 is 2.25 bits per heavy atom. The second-order valence-electron chi connectivity index (χ2n) is 3.55. The Labute approximate surface area is 75.0 Å². The van der Waals surface area contributed by atoms with Gasteiger partial charge >= 0.3 is 8.25 Å². The summed E-state index contributed by atoms with van der Waals surface area (Å²) in [5.74, 6) is 0. The SMILES string of the molecule is CCO[PH](=O)OCC[N+](C)(C)C. The lowest BCUT2D eigenvalue weighted by Gasteiger charge is -2.23. The van der Waals surface area contributed by atoms with Gasteiger partial charge in [-0.15, -0.1) is 0 Å². The molecule has 0 rings (SSSR count). The molecule has 0 aromatic carbocycles. The molecule has 0 radical (unpaired) electrons. The fourth-order valence-electron chi connectivity index (χ4n) is 0.562. The number of hydrogen-bond donors (Lipinski definition) is 0. The second kappa shape index (κ2) is 5.70. The molecule has 0 aliphatic rings. The van der Waals surface area contributed by atoms with Crippen molar-refractivity contribution in [2.45, 2.75) is 6.92 Å². The summed E-state index contributed by atoms with van der Waals surface area (Å²) in [6, 6.07) is 0. The first-order valence-electron chi connectivity index (χ1n) is 4.05. The van der Waals surface area contributed by atoms with Crippen LogP contribution in [0.1, 0.15) is 6.92 Å². The summed E-state index contributed by atoms with van der Waals surface area (Å²) in [7, 11) is 3.95. The van der Waals surface area contributed by atoms with Gasteiger partial charge in [-0.2, -0.15) is 0 Å². The van der Waals surface area contributed by atoms with Gasteiger partial charge in [0.2, 0.25) is 0 Å². The van der Waals surface area contributed by atoms with Crippen LogP contribution in [0.3, 0.4) is 0 Å². The molecule has 0 aliphatic carbocycles. The first kappa shape index (κ1) is 12.1. The predicted molar refractivity (Wildman–Crippen MR) is 49.5 cm³/mol. The van der Waals surface area contributed by atoms with Crippen molar-refractivity contribution in [1.29, 1.82) is 0 Å². The maximum atomic E-state index is 10.9. The summed E-state index contributed by atoms with van der Waals surface area (Å²) in [6.45, 7) is 3.57. The summed E-state index contributed by atoms with van der Waals surface area (Å²) in [5, 5.41) is 0. The fraction of sp³-hybridized carbons (Fsp3) is 1.00. The maximum absolute atomic E-state index is 10.9. The molecule has 1 atom stereocenters. The third-order valence-corrected chi connectivity index (χ3v) is 2.21. The largest absolute Gasteiger partial charge is 0.329 e. The van der Waals surface area contributed by atoms with Gasteiger partial charge in [-0.3, -0.25) is 4.57 Å². The third-order valence-electron chi connectivity index (χ3n) is 1.24. The van der Waals surface area contributed by atoms with E-state index in [4.69, 9.17) is 9.05 Å². The molecule has 0 aromatic heterocycles. The van der Waals surface area contributed by atoms with Gasteiger partial charge < -0.3 is 13.5 Å². The van der Waals surface area contributed by atoms with E-state index in [1.807, 2.05) is 0 Å². The maximum Gasteiger partial charge on any atom is 0.319 e. The molecule has 5 heteroatoms. The molecule has 12 heavy (non-hydrogen) atoms. The monoisotopic (exact) mass is 196 g/mol. The number of quaternary nitrogens is 1. The van der Waals surface area contributed by atoms with E-state index < -0.39 is 8.25 Å². The highest BCUT2D eigenvalue weighted by Gasteiger charge is 2.07. The van der Waals surface area contributed by atoms with Gasteiger partial charge in [0.05, 0.1) is 27.7 Å². The molecule has 0 spiro atoms. The minimum absolute atomic E-state index is 0.447. The Kier molecular flexibility index (Phi) is 5.76. The zero-order chi connectivity index (χ0) is 9.61. The van der Waals surface area contributed by atoms with E-state index in [1.165, 1.54) is 0 Å². The Balaban J connectivity index is 3.37. The molecule has 0 fully saturated rings. The minimum Gasteiger partial charge on any atom is -0.329 e. The van der Waals surface area contributed by atoms with Crippen molar-refractivity contribution >= 4 is 8.25 Å². The summed E-state index contributed by atoms with van der Waals surface area (Å²) in [6.07, 6.45) is 0. The molecule has 0 aliphatic heterocycles. The molecule has 0 bridgehead atoms. The lowest BCUT2D eigenvalue weighted by atomic mass is 10.5. The minimum atomic E-state index is -2.22. The van der Waals surface area contributed by atoms with Crippen molar-refractivity contribution in [3.8, 4) is 0 Å². The van der Waals surface area contributed by atoms with Gasteiger partial charge in [0.25, 0.3) is 0 Å². The standard InChI is InChI=1S/C7H19NO3P/c1-5-10-12(9)11-7-6-8(2,3)4/h12H,5-7H2,1-4H3/q+1. The van der Waals surface area contributed by atoms with Crippen molar-refractivity contribution in [2.75, 3.05) is 40.9 Å². The van der Waals surface area contributed by atoms with Crippen LogP contribution >= 0.6 is 8.25 Å². The molecular weight excluding hydrogens is 177 g/mol. The van der Waals surface area contributed by atoms with Gasteiger partial charge in [-0.05, 0) is 6.92 Å². The summed E-state index contributed by atoms with van der Waals surface area (Å²) in [5.41, 5.74) is 0. The van der Waals surface area contributed by atoms with Gasteiger partial charge in [-0.1, -0.05) is 0 Å². The first-order valence-corrected chi connectivity index (χ1v) is 5.28. The molecule has 0 aromatic rings. The second-order valence-corrected chi connectivity index (χ2v) is 4.62. The van der Waals surface area contributed by atoms with Gasteiger partial charge in [0.15, 0.2) is 0 Å². The lowest BCUT2D eigenvalue weighted by molar-refractivity contribution is -0.870. The Morgan fingerprint density at radius 2 is 1.83 bits per heavy atom. The summed E-state index contributed by atoms with van der Waals surface area (Å²) in [4.78, 5) is 0. The summed E-state index contributed by atoms with van der Waals surface area (Å²) < 4.78 is 21.4. The van der Waals surface area contributed by atoms with Gasteiger partial charge in [0, 0.05) is 0 Å². The Bertz CT molecular complexity index is 144. The van der Waals surface area contributed by atoms with Crippen molar-refractivity contribution in [1.82, 2.24) is 0 Å². The average molecular weight is 196 g/mol. The highest BCUT2D eigenvalue weighted by Crippen LogP contribution is 2.22. The van der Waals surface area contributed by atoms with E-state index in [2.05, 4.69) is 21.1 Å². The van der Waals surface area contributed by atoms with Crippen molar-refractivity contribution in [3.05, 3.63) is 0 Å². The van der Waals surface area contributed by atoms with Crippen LogP contribution in [-0.2, 0) is 13.6 Å². The van der Waals surface area contributed by atoms with Crippen LogP contribution < -0.4 is 0 Å². The van der Waals surface area contributed by atoms with Crippen LogP contribution in [0.25, 0.3) is 0 Å². The molecule has 4 nitrogen and oxygen atoms in total. The van der Waals surface area contributed by atoms with E-state index in [1.54, 1.807) is 6.92 Å². The van der Waals surface area contributed by atoms with Crippen LogP contribution in [0.15, 0.2) is 0 Å². The van der Waals surface area contributed by atoms with Gasteiger partial charge in [-0.25, -0.2) is 0 Å². The van der Waals surface area contributed by atoms with E-state index in [9.17, 15) is 4.57 Å². The van der Waals surface area contributed by atoms with Crippen LogP contribution in [0.5, 0.6) is 0 Å². The fourth-order valence-corrected chi connectivity index (χ4v) is 1.14. The molecule has 0 saturated heterocycles. The van der Waals surface area contributed by atoms with E-state index in [-0.39, 0.29) is 0 Å². The van der Waals surface area contributed by atoms with Crippen molar-refractivity contribution in [3.63, 3.8) is 0 Å². The molecule has 1 unspecified atom stereocenters. The predicted octanol–water partition coefficient (Wildman–Crippen LogP) is 1.14.